The SMILES string of the molecule is Cc1ccc(C(F)(F)F)c(Cl)c1.N#CCCNc1cc(C2CCN(C=O)CC2)no1. The summed E-state index contributed by atoms with van der Waals surface area (Å²) >= 11 is 5.39. The number of amides is 1. The fourth-order valence-corrected chi connectivity index (χ4v) is 3.30. The molecular weight excluding hydrogens is 421 g/mol. The van der Waals surface area contributed by atoms with Gasteiger partial charge in [0.1, 0.15) is 0 Å². The maximum Gasteiger partial charge on any atom is 0.417 e. The van der Waals surface area contributed by atoms with Crippen molar-refractivity contribution < 1.29 is 22.5 Å². The number of rotatable bonds is 5. The van der Waals surface area contributed by atoms with Crippen LogP contribution in [0.2, 0.25) is 5.02 Å². The Labute approximate surface area is 177 Å². The van der Waals surface area contributed by atoms with E-state index in [9.17, 15) is 18.0 Å². The first-order valence-electron chi connectivity index (χ1n) is 9.34. The average Bonchev–Trinajstić information content (AvgIpc) is 3.16. The number of aryl methyl sites for hydroxylation is 1. The molecule has 1 amide bonds. The number of piperidine rings is 1. The summed E-state index contributed by atoms with van der Waals surface area (Å²) in [4.78, 5) is 12.4. The molecule has 0 atom stereocenters. The van der Waals surface area contributed by atoms with E-state index in [2.05, 4.69) is 16.5 Å². The summed E-state index contributed by atoms with van der Waals surface area (Å²) in [7, 11) is 0. The molecule has 1 saturated heterocycles. The molecule has 1 N–H and O–H groups in total. The number of carbonyl (C=O) groups excluding carboxylic acids is 1. The molecule has 1 aromatic carbocycles. The zero-order chi connectivity index (χ0) is 22.1. The van der Waals surface area contributed by atoms with Crippen molar-refractivity contribution in [2.45, 2.75) is 38.3 Å². The molecule has 1 fully saturated rings. The van der Waals surface area contributed by atoms with Gasteiger partial charge in [0.05, 0.1) is 28.8 Å². The molecule has 1 aromatic heterocycles. The van der Waals surface area contributed by atoms with E-state index in [0.717, 1.165) is 44.1 Å². The molecule has 30 heavy (non-hydrogen) atoms. The second kappa shape index (κ2) is 10.9. The third-order valence-corrected chi connectivity index (χ3v) is 4.90. The molecule has 2 aromatic rings. The summed E-state index contributed by atoms with van der Waals surface area (Å²) in [5, 5.41) is 15.2. The van der Waals surface area contributed by atoms with Crippen LogP contribution in [0.4, 0.5) is 19.1 Å². The van der Waals surface area contributed by atoms with Gasteiger partial charge in [-0.2, -0.15) is 18.4 Å². The standard InChI is InChI=1S/C12H16N4O2.C8H6ClF3/c13-4-1-5-14-12-8-11(15-18-12)10-2-6-16(9-17)7-3-10;1-5-2-3-6(7(9)4-5)8(10,11)12/h8-10,14H,1-3,5-7H2;2-4H,1H3. The number of hydrogen-bond acceptors (Lipinski definition) is 5. The van der Waals surface area contributed by atoms with Gasteiger partial charge in [0.15, 0.2) is 0 Å². The molecule has 1 aliphatic heterocycles. The minimum Gasteiger partial charge on any atom is -0.353 e. The largest absolute Gasteiger partial charge is 0.417 e. The van der Waals surface area contributed by atoms with E-state index in [-0.39, 0.29) is 5.02 Å². The van der Waals surface area contributed by atoms with Gasteiger partial charge in [-0.1, -0.05) is 22.8 Å². The molecule has 0 spiro atoms. The maximum absolute atomic E-state index is 12.1. The smallest absolute Gasteiger partial charge is 0.353 e. The van der Waals surface area contributed by atoms with Crippen LogP contribution in [-0.4, -0.2) is 36.1 Å². The number of anilines is 1. The first-order valence-corrected chi connectivity index (χ1v) is 9.72. The number of nitriles is 1. The highest BCUT2D eigenvalue weighted by atomic mass is 35.5. The topological polar surface area (TPSA) is 82.2 Å². The number of halogens is 4. The van der Waals surface area contributed by atoms with Gasteiger partial charge in [-0.25, -0.2) is 0 Å². The molecule has 1 aliphatic rings. The highest BCUT2D eigenvalue weighted by Crippen LogP contribution is 2.34. The van der Waals surface area contributed by atoms with Gasteiger partial charge in [-0.05, 0) is 37.5 Å². The van der Waals surface area contributed by atoms with Crippen molar-refractivity contribution in [3.8, 4) is 6.07 Å². The summed E-state index contributed by atoms with van der Waals surface area (Å²) in [5.41, 5.74) is 0.864. The van der Waals surface area contributed by atoms with Crippen LogP contribution in [0.15, 0.2) is 28.8 Å². The molecule has 0 radical (unpaired) electrons. The van der Waals surface area contributed by atoms with Crippen molar-refractivity contribution in [2.75, 3.05) is 25.0 Å². The quantitative estimate of drug-likeness (QED) is 0.520. The first kappa shape index (κ1) is 23.5. The van der Waals surface area contributed by atoms with E-state index in [1.54, 1.807) is 11.8 Å². The van der Waals surface area contributed by atoms with Crippen molar-refractivity contribution in [3.05, 3.63) is 46.1 Å². The predicted octanol–water partition coefficient (Wildman–Crippen LogP) is 5.00. The number of hydrogen-bond donors (Lipinski definition) is 1. The lowest BCUT2D eigenvalue weighted by Crippen LogP contribution is -2.31. The Morgan fingerprint density at radius 3 is 2.63 bits per heavy atom. The molecule has 0 aliphatic carbocycles. The van der Waals surface area contributed by atoms with Crippen molar-refractivity contribution in [1.82, 2.24) is 10.1 Å². The predicted molar refractivity (Wildman–Crippen MR) is 106 cm³/mol. The van der Waals surface area contributed by atoms with Gasteiger partial charge in [-0.3, -0.25) is 4.79 Å². The molecule has 2 heterocycles. The summed E-state index contributed by atoms with van der Waals surface area (Å²) in [6.07, 6.45) is -1.18. The summed E-state index contributed by atoms with van der Waals surface area (Å²) in [6, 6.07) is 7.61. The van der Waals surface area contributed by atoms with Crippen LogP contribution in [0.25, 0.3) is 0 Å². The van der Waals surface area contributed by atoms with E-state index in [0.29, 0.717) is 30.3 Å². The molecular formula is C20H22ClF3N4O2. The minimum absolute atomic E-state index is 0.248. The van der Waals surface area contributed by atoms with Gasteiger partial charge in [-0.15, -0.1) is 0 Å². The molecule has 0 unspecified atom stereocenters. The maximum atomic E-state index is 12.1. The Balaban J connectivity index is 0.000000232. The molecule has 162 valence electrons. The number of alkyl halides is 3. The lowest BCUT2D eigenvalue weighted by atomic mass is 9.94. The monoisotopic (exact) mass is 442 g/mol. The lowest BCUT2D eigenvalue weighted by Gasteiger charge is -2.27. The Bertz CT molecular complexity index is 872. The van der Waals surface area contributed by atoms with Crippen LogP contribution in [0.5, 0.6) is 0 Å². The van der Waals surface area contributed by atoms with Gasteiger partial charge >= 0.3 is 6.18 Å². The van der Waals surface area contributed by atoms with Gasteiger partial charge in [0.2, 0.25) is 12.3 Å². The zero-order valence-electron chi connectivity index (χ0n) is 16.4. The normalized spacial score (nSPS) is 14.5. The van der Waals surface area contributed by atoms with Crippen molar-refractivity contribution >= 4 is 23.9 Å². The fourth-order valence-electron chi connectivity index (χ4n) is 2.96. The van der Waals surface area contributed by atoms with Crippen molar-refractivity contribution in [2.24, 2.45) is 0 Å². The van der Waals surface area contributed by atoms with Crippen LogP contribution < -0.4 is 5.32 Å². The Morgan fingerprint density at radius 2 is 2.07 bits per heavy atom. The summed E-state index contributed by atoms with van der Waals surface area (Å²) in [6.45, 7) is 3.80. The highest BCUT2D eigenvalue weighted by molar-refractivity contribution is 6.31. The molecule has 3 rings (SSSR count). The first-order chi connectivity index (χ1) is 14.2. The van der Waals surface area contributed by atoms with E-state index in [1.807, 2.05) is 6.07 Å². The molecule has 10 heteroatoms. The summed E-state index contributed by atoms with van der Waals surface area (Å²) < 4.78 is 41.5. The van der Waals surface area contributed by atoms with E-state index in [1.165, 1.54) is 12.1 Å². The number of carbonyl (C=O) groups is 1. The third kappa shape index (κ3) is 6.95. The number of nitrogens with zero attached hydrogens (tertiary/aromatic N) is 3. The Morgan fingerprint density at radius 1 is 1.37 bits per heavy atom. The second-order valence-corrected chi connectivity index (χ2v) is 7.25. The van der Waals surface area contributed by atoms with Crippen LogP contribution in [-0.2, 0) is 11.0 Å². The summed E-state index contributed by atoms with van der Waals surface area (Å²) in [5.74, 6) is 0.967. The van der Waals surface area contributed by atoms with Gasteiger partial charge in [0.25, 0.3) is 0 Å². The number of aromatic nitrogens is 1. The van der Waals surface area contributed by atoms with Gasteiger partial charge in [0, 0.05) is 31.6 Å². The van der Waals surface area contributed by atoms with Crippen LogP contribution >= 0.6 is 11.6 Å². The fraction of sp³-hybridized carbons (Fsp3) is 0.450. The molecule has 6 nitrogen and oxygen atoms in total. The number of likely N-dealkylation sites (tertiary alicyclic amines) is 1. The Kier molecular flexibility index (Phi) is 8.54. The van der Waals surface area contributed by atoms with Gasteiger partial charge < -0.3 is 14.7 Å². The minimum atomic E-state index is -4.36. The van der Waals surface area contributed by atoms with E-state index < -0.39 is 11.7 Å². The zero-order valence-corrected chi connectivity index (χ0v) is 17.1. The van der Waals surface area contributed by atoms with Crippen molar-refractivity contribution in [1.29, 1.82) is 5.26 Å². The lowest BCUT2D eigenvalue weighted by molar-refractivity contribution is -0.137. The van der Waals surface area contributed by atoms with Crippen LogP contribution in [0, 0.1) is 18.3 Å². The Hall–Kier alpha value is -2.73. The molecule has 0 saturated carbocycles. The van der Waals surface area contributed by atoms with E-state index in [4.69, 9.17) is 21.4 Å². The van der Waals surface area contributed by atoms with Crippen LogP contribution in [0.3, 0.4) is 0 Å². The number of benzene rings is 1. The third-order valence-electron chi connectivity index (χ3n) is 4.59. The van der Waals surface area contributed by atoms with Crippen molar-refractivity contribution in [3.63, 3.8) is 0 Å². The number of nitrogens with one attached hydrogen (secondary N) is 1. The second-order valence-electron chi connectivity index (χ2n) is 6.85. The van der Waals surface area contributed by atoms with Crippen LogP contribution in [0.1, 0.15) is 42.0 Å². The molecule has 0 bridgehead atoms. The highest BCUT2D eigenvalue weighted by Gasteiger charge is 2.32. The average molecular weight is 443 g/mol. The van der Waals surface area contributed by atoms with E-state index >= 15 is 0 Å².